The second-order valence-corrected chi connectivity index (χ2v) is 6.19. The van der Waals surface area contributed by atoms with E-state index in [4.69, 9.17) is 9.47 Å². The maximum absolute atomic E-state index is 12.2. The van der Waals surface area contributed by atoms with Crippen molar-refractivity contribution >= 4 is 22.5 Å². The topological polar surface area (TPSA) is 63.3 Å². The number of aromatic amines is 1. The van der Waals surface area contributed by atoms with Gasteiger partial charge in [0.2, 0.25) is 0 Å². The van der Waals surface area contributed by atoms with E-state index in [1.54, 1.807) is 7.11 Å². The molecule has 0 unspecified atom stereocenters. The summed E-state index contributed by atoms with van der Waals surface area (Å²) in [5, 5.41) is 4.04. The Kier molecular flexibility index (Phi) is 4.15. The van der Waals surface area contributed by atoms with Crippen molar-refractivity contribution in [1.29, 1.82) is 0 Å². The molecular weight excluding hydrogens is 316 g/mol. The van der Waals surface area contributed by atoms with E-state index in [1.807, 2.05) is 48.7 Å². The van der Waals surface area contributed by atoms with Gasteiger partial charge < -0.3 is 19.8 Å². The van der Waals surface area contributed by atoms with Crippen molar-refractivity contribution in [3.8, 4) is 16.9 Å². The Hall–Kier alpha value is -2.79. The Morgan fingerprint density at radius 2 is 2.20 bits per heavy atom. The molecule has 2 heterocycles. The smallest absolute Gasteiger partial charge is 0.253 e. The number of ether oxygens (including phenoxy) is 2. The molecule has 1 amide bonds. The third-order valence-electron chi connectivity index (χ3n) is 4.55. The average Bonchev–Trinajstić information content (AvgIpc) is 3.31. The van der Waals surface area contributed by atoms with Crippen LogP contribution in [0.4, 0.5) is 5.69 Å². The highest BCUT2D eigenvalue weighted by Crippen LogP contribution is 2.32. The number of nitrogens with one attached hydrogen (secondary N) is 2. The molecule has 3 aromatic rings. The minimum Gasteiger partial charge on any atom is -0.497 e. The van der Waals surface area contributed by atoms with Crippen molar-refractivity contribution in [3.63, 3.8) is 0 Å². The molecule has 1 aliphatic rings. The quantitative estimate of drug-likeness (QED) is 0.758. The van der Waals surface area contributed by atoms with E-state index >= 15 is 0 Å². The van der Waals surface area contributed by atoms with E-state index in [0.29, 0.717) is 6.61 Å². The number of hydrogen-bond donors (Lipinski definition) is 2. The van der Waals surface area contributed by atoms with E-state index in [0.717, 1.165) is 46.3 Å². The number of fused-ring (bicyclic) bond motifs is 1. The van der Waals surface area contributed by atoms with Crippen LogP contribution in [-0.2, 0) is 9.53 Å². The number of methoxy groups -OCH3 is 1. The maximum Gasteiger partial charge on any atom is 0.253 e. The van der Waals surface area contributed by atoms with Gasteiger partial charge in [-0.15, -0.1) is 0 Å². The molecule has 0 spiro atoms. The molecule has 128 valence electrons. The Balaban J connectivity index is 1.64. The van der Waals surface area contributed by atoms with Crippen LogP contribution >= 0.6 is 0 Å². The lowest BCUT2D eigenvalue weighted by Gasteiger charge is -2.11. The molecule has 0 saturated carbocycles. The number of amides is 1. The summed E-state index contributed by atoms with van der Waals surface area (Å²) in [6.45, 7) is 0.662. The molecule has 5 heteroatoms. The molecule has 0 bridgehead atoms. The molecule has 1 atom stereocenters. The predicted octanol–water partition coefficient (Wildman–Crippen LogP) is 3.96. The molecule has 1 aromatic heterocycles. The summed E-state index contributed by atoms with van der Waals surface area (Å²) in [6.07, 6.45) is 3.37. The number of hydrogen-bond acceptors (Lipinski definition) is 3. The lowest BCUT2D eigenvalue weighted by molar-refractivity contribution is -0.124. The van der Waals surface area contributed by atoms with Gasteiger partial charge in [0.15, 0.2) is 0 Å². The standard InChI is InChI=1S/C20H20N2O3/c1-24-15-7-8-18-16(11-15)17(12-21-18)13-4-2-5-14(10-13)22-20(23)19-6-3-9-25-19/h2,4-5,7-8,10-12,19,21H,3,6,9H2,1H3,(H,22,23)/t19-/m0/s1. The Bertz CT molecular complexity index is 910. The zero-order valence-corrected chi connectivity index (χ0v) is 14.0. The number of aromatic nitrogens is 1. The number of H-pyrrole nitrogens is 1. The van der Waals surface area contributed by atoms with Crippen LogP contribution in [0.5, 0.6) is 5.75 Å². The third kappa shape index (κ3) is 3.10. The summed E-state index contributed by atoms with van der Waals surface area (Å²) >= 11 is 0. The Labute approximate surface area is 146 Å². The predicted molar refractivity (Wildman–Crippen MR) is 97.9 cm³/mol. The van der Waals surface area contributed by atoms with Crippen LogP contribution in [0.1, 0.15) is 12.8 Å². The number of carbonyl (C=O) groups excluding carboxylic acids is 1. The van der Waals surface area contributed by atoms with Crippen LogP contribution < -0.4 is 10.1 Å². The van der Waals surface area contributed by atoms with Crippen molar-refractivity contribution in [2.75, 3.05) is 19.0 Å². The maximum atomic E-state index is 12.2. The van der Waals surface area contributed by atoms with Crippen LogP contribution in [0.3, 0.4) is 0 Å². The van der Waals surface area contributed by atoms with Gasteiger partial charge in [-0.2, -0.15) is 0 Å². The van der Waals surface area contributed by atoms with Gasteiger partial charge in [-0.3, -0.25) is 4.79 Å². The zero-order valence-electron chi connectivity index (χ0n) is 14.0. The third-order valence-corrected chi connectivity index (χ3v) is 4.55. The van der Waals surface area contributed by atoms with Crippen molar-refractivity contribution in [3.05, 3.63) is 48.7 Å². The normalized spacial score (nSPS) is 16.9. The Morgan fingerprint density at radius 3 is 3.00 bits per heavy atom. The van der Waals surface area contributed by atoms with Crippen molar-refractivity contribution in [2.24, 2.45) is 0 Å². The molecule has 2 aromatic carbocycles. The summed E-state index contributed by atoms with van der Waals surface area (Å²) < 4.78 is 10.8. The highest BCUT2D eigenvalue weighted by molar-refractivity contribution is 5.98. The van der Waals surface area contributed by atoms with Crippen LogP contribution in [0, 0.1) is 0 Å². The number of anilines is 1. The second kappa shape index (κ2) is 6.61. The number of benzene rings is 2. The number of rotatable bonds is 4. The molecule has 1 saturated heterocycles. The molecular formula is C20H20N2O3. The first kappa shape index (κ1) is 15.7. The van der Waals surface area contributed by atoms with Crippen molar-refractivity contribution in [2.45, 2.75) is 18.9 Å². The molecule has 0 aliphatic carbocycles. The van der Waals surface area contributed by atoms with Gasteiger partial charge in [-0.05, 0) is 48.7 Å². The SMILES string of the molecule is COc1ccc2[nH]cc(-c3cccc(NC(=O)[C@@H]4CCCO4)c3)c2c1. The minimum absolute atomic E-state index is 0.0738. The fourth-order valence-corrected chi connectivity index (χ4v) is 3.24. The van der Waals surface area contributed by atoms with E-state index < -0.39 is 0 Å². The van der Waals surface area contributed by atoms with E-state index in [2.05, 4.69) is 10.3 Å². The van der Waals surface area contributed by atoms with Gasteiger partial charge in [0, 0.05) is 35.0 Å². The largest absolute Gasteiger partial charge is 0.497 e. The molecule has 2 N–H and O–H groups in total. The monoisotopic (exact) mass is 336 g/mol. The van der Waals surface area contributed by atoms with Crippen molar-refractivity contribution in [1.82, 2.24) is 4.98 Å². The first-order valence-electron chi connectivity index (χ1n) is 8.42. The van der Waals surface area contributed by atoms with Crippen LogP contribution in [0.25, 0.3) is 22.0 Å². The highest BCUT2D eigenvalue weighted by Gasteiger charge is 2.23. The van der Waals surface area contributed by atoms with Gasteiger partial charge >= 0.3 is 0 Å². The minimum atomic E-state index is -0.332. The van der Waals surface area contributed by atoms with Gasteiger partial charge in [0.25, 0.3) is 5.91 Å². The summed E-state index contributed by atoms with van der Waals surface area (Å²) in [5.41, 5.74) is 3.92. The summed E-state index contributed by atoms with van der Waals surface area (Å²) in [5.74, 6) is 0.742. The van der Waals surface area contributed by atoms with Crippen LogP contribution in [0.15, 0.2) is 48.7 Å². The molecule has 25 heavy (non-hydrogen) atoms. The fourth-order valence-electron chi connectivity index (χ4n) is 3.24. The molecule has 1 fully saturated rings. The van der Waals surface area contributed by atoms with Crippen molar-refractivity contribution < 1.29 is 14.3 Å². The second-order valence-electron chi connectivity index (χ2n) is 6.19. The van der Waals surface area contributed by atoms with Gasteiger partial charge in [0.05, 0.1) is 7.11 Å². The van der Waals surface area contributed by atoms with E-state index in [9.17, 15) is 4.79 Å². The van der Waals surface area contributed by atoms with E-state index in [-0.39, 0.29) is 12.0 Å². The van der Waals surface area contributed by atoms with Crippen LogP contribution in [-0.4, -0.2) is 30.7 Å². The average molecular weight is 336 g/mol. The lowest BCUT2D eigenvalue weighted by Crippen LogP contribution is -2.26. The Morgan fingerprint density at radius 1 is 1.28 bits per heavy atom. The summed E-state index contributed by atoms with van der Waals surface area (Å²) in [7, 11) is 1.66. The molecule has 0 radical (unpaired) electrons. The number of carbonyl (C=O) groups is 1. The highest BCUT2D eigenvalue weighted by atomic mass is 16.5. The van der Waals surface area contributed by atoms with Gasteiger partial charge in [-0.25, -0.2) is 0 Å². The first-order valence-corrected chi connectivity index (χ1v) is 8.42. The fraction of sp³-hybridized carbons (Fsp3) is 0.250. The lowest BCUT2D eigenvalue weighted by atomic mass is 10.0. The van der Waals surface area contributed by atoms with E-state index in [1.165, 1.54) is 0 Å². The molecule has 4 rings (SSSR count). The summed E-state index contributed by atoms with van der Waals surface area (Å²) in [4.78, 5) is 15.5. The molecule has 1 aliphatic heterocycles. The van der Waals surface area contributed by atoms with Gasteiger partial charge in [-0.1, -0.05) is 12.1 Å². The van der Waals surface area contributed by atoms with Gasteiger partial charge in [0.1, 0.15) is 11.9 Å². The van der Waals surface area contributed by atoms with Crippen LogP contribution in [0.2, 0.25) is 0 Å². The molecule has 5 nitrogen and oxygen atoms in total. The summed E-state index contributed by atoms with van der Waals surface area (Å²) in [6, 6.07) is 13.8. The zero-order chi connectivity index (χ0) is 17.2. The first-order chi connectivity index (χ1) is 12.2.